The van der Waals surface area contributed by atoms with Gasteiger partial charge in [-0.15, -0.1) is 0 Å². The molecule has 77 heavy (non-hydrogen) atoms. The predicted octanol–water partition coefficient (Wildman–Crippen LogP) is 17.2. The molecule has 7 unspecified atom stereocenters. The Morgan fingerprint density at radius 3 is 1.19 bits per heavy atom. The van der Waals surface area contributed by atoms with Gasteiger partial charge in [0.25, 0.3) is 0 Å². The number of nitrogens with one attached hydrogen (secondary N) is 1. The maximum absolute atomic E-state index is 13.1. The fraction of sp³-hybridized carbons (Fsp3) is 0.809. The molecule has 1 heterocycles. The van der Waals surface area contributed by atoms with Crippen LogP contribution in [0.5, 0.6) is 0 Å². The van der Waals surface area contributed by atoms with Gasteiger partial charge in [-0.1, -0.05) is 299 Å². The first-order valence-electron chi connectivity index (χ1n) is 32.7. The van der Waals surface area contributed by atoms with Crippen LogP contribution in [0.4, 0.5) is 0 Å². The second-order valence-corrected chi connectivity index (χ2v) is 22.5. The van der Waals surface area contributed by atoms with Gasteiger partial charge in [0.15, 0.2) is 6.29 Å². The summed E-state index contributed by atoms with van der Waals surface area (Å²) in [4.78, 5) is 13.1. The molecule has 0 aromatic carbocycles. The van der Waals surface area contributed by atoms with E-state index in [1.807, 2.05) is 6.08 Å². The lowest BCUT2D eigenvalue weighted by atomic mass is 9.99. The third-order valence-electron chi connectivity index (χ3n) is 15.3. The Morgan fingerprint density at radius 2 is 0.805 bits per heavy atom. The molecule has 0 spiro atoms. The van der Waals surface area contributed by atoms with Gasteiger partial charge >= 0.3 is 0 Å². The smallest absolute Gasteiger partial charge is 0.220 e. The summed E-state index contributed by atoms with van der Waals surface area (Å²) >= 11 is 0. The van der Waals surface area contributed by atoms with Crippen molar-refractivity contribution in [3.05, 3.63) is 72.9 Å². The molecule has 1 aliphatic heterocycles. The zero-order valence-electron chi connectivity index (χ0n) is 50.0. The third kappa shape index (κ3) is 46.0. The molecule has 9 nitrogen and oxygen atoms in total. The lowest BCUT2D eigenvalue weighted by Gasteiger charge is -2.40. The normalized spacial score (nSPS) is 19.2. The summed E-state index contributed by atoms with van der Waals surface area (Å²) < 4.78 is 11.3. The Hall–Kier alpha value is -2.37. The Balaban J connectivity index is 2.17. The van der Waals surface area contributed by atoms with Crippen molar-refractivity contribution in [1.82, 2.24) is 5.32 Å². The highest BCUT2D eigenvalue weighted by Crippen LogP contribution is 2.23. The number of amides is 1. The van der Waals surface area contributed by atoms with E-state index >= 15 is 0 Å². The first kappa shape index (κ1) is 72.6. The molecule has 1 fully saturated rings. The Bertz CT molecular complexity index is 1440. The Labute approximate surface area is 474 Å². The van der Waals surface area contributed by atoms with E-state index in [2.05, 4.69) is 79.9 Å². The summed E-state index contributed by atoms with van der Waals surface area (Å²) in [5.41, 5.74) is 0. The third-order valence-corrected chi connectivity index (χ3v) is 15.3. The highest BCUT2D eigenvalue weighted by molar-refractivity contribution is 5.76. The van der Waals surface area contributed by atoms with Gasteiger partial charge in [-0.25, -0.2) is 0 Å². The number of hydrogen-bond donors (Lipinski definition) is 6. The molecule has 1 saturated heterocycles. The highest BCUT2D eigenvalue weighted by atomic mass is 16.7. The first-order chi connectivity index (χ1) is 37.8. The molecular formula is C68H123NO8. The second kappa shape index (κ2) is 56.9. The summed E-state index contributed by atoms with van der Waals surface area (Å²) in [7, 11) is 0. The zero-order valence-corrected chi connectivity index (χ0v) is 50.0. The number of rotatable bonds is 56. The predicted molar refractivity (Wildman–Crippen MR) is 327 cm³/mol. The quantitative estimate of drug-likeness (QED) is 0.0261. The maximum Gasteiger partial charge on any atom is 0.220 e. The van der Waals surface area contributed by atoms with E-state index in [1.54, 1.807) is 6.08 Å². The summed E-state index contributed by atoms with van der Waals surface area (Å²) in [5.74, 6) is -0.187. The molecule has 0 aromatic rings. The van der Waals surface area contributed by atoms with Crippen molar-refractivity contribution >= 4 is 5.91 Å². The van der Waals surface area contributed by atoms with Gasteiger partial charge in [0, 0.05) is 6.42 Å². The molecule has 6 N–H and O–H groups in total. The number of hydrogen-bond acceptors (Lipinski definition) is 8. The van der Waals surface area contributed by atoms with Gasteiger partial charge in [-0.05, 0) is 64.2 Å². The van der Waals surface area contributed by atoms with E-state index in [9.17, 15) is 30.3 Å². The van der Waals surface area contributed by atoms with Crippen LogP contribution < -0.4 is 5.32 Å². The van der Waals surface area contributed by atoms with E-state index in [4.69, 9.17) is 9.47 Å². The van der Waals surface area contributed by atoms with Crippen LogP contribution in [0, 0.1) is 0 Å². The monoisotopic (exact) mass is 1080 g/mol. The van der Waals surface area contributed by atoms with Crippen LogP contribution in [-0.4, -0.2) is 87.5 Å². The van der Waals surface area contributed by atoms with Crippen LogP contribution >= 0.6 is 0 Å². The number of allylic oxidation sites excluding steroid dienone is 11. The standard InChI is InChI=1S/C68H123NO8/c1-3-5-7-9-11-13-15-17-19-21-23-25-27-28-29-30-31-32-33-34-36-37-39-41-43-45-47-49-51-53-55-57-62(71)61(60-76-68-67(75)66(74)65(73)63(59-70)77-68)69-64(72)58-56-54-52-50-48-46-44-42-40-38-35-26-24-22-20-18-16-14-12-10-8-6-4-2/h6,8,12,14,18,20,24,26,38,40,55,57,61-63,65-68,70-71,73-75H,3-5,7,9-11,13,15-17,19,21-23,25,27-37,39,41-54,56,58-60H2,1-2H3,(H,69,72)/b8-6-,14-12-,20-18-,26-24-,40-38-,57-55+. The van der Waals surface area contributed by atoms with Crippen molar-refractivity contribution in [3.8, 4) is 0 Å². The van der Waals surface area contributed by atoms with Crippen molar-refractivity contribution in [3.63, 3.8) is 0 Å². The molecule has 0 aliphatic carbocycles. The van der Waals surface area contributed by atoms with Gasteiger partial charge < -0.3 is 40.3 Å². The largest absolute Gasteiger partial charge is 0.394 e. The van der Waals surface area contributed by atoms with E-state index < -0.39 is 49.5 Å². The Kier molecular flexibility index (Phi) is 53.7. The molecule has 7 atom stereocenters. The van der Waals surface area contributed by atoms with Crippen molar-refractivity contribution in [2.45, 2.75) is 339 Å². The minimum Gasteiger partial charge on any atom is -0.394 e. The van der Waals surface area contributed by atoms with Crippen LogP contribution in [0.1, 0.15) is 296 Å². The number of carbonyl (C=O) groups excluding carboxylic acids is 1. The number of aliphatic hydroxyl groups is 5. The van der Waals surface area contributed by atoms with Crippen LogP contribution in [0.3, 0.4) is 0 Å². The number of unbranched alkanes of at least 4 members (excludes halogenated alkanes) is 36. The second-order valence-electron chi connectivity index (χ2n) is 22.5. The fourth-order valence-electron chi connectivity index (χ4n) is 10.2. The molecule has 9 heteroatoms. The number of ether oxygens (including phenoxy) is 2. The van der Waals surface area contributed by atoms with Crippen molar-refractivity contribution < 1.29 is 39.8 Å². The molecular weight excluding hydrogens is 959 g/mol. The van der Waals surface area contributed by atoms with E-state index in [1.165, 1.54) is 193 Å². The lowest BCUT2D eigenvalue weighted by molar-refractivity contribution is -0.302. The summed E-state index contributed by atoms with van der Waals surface area (Å²) in [5, 5.41) is 54.7. The molecule has 0 aromatic heterocycles. The van der Waals surface area contributed by atoms with E-state index in [-0.39, 0.29) is 12.5 Å². The minimum absolute atomic E-state index is 0.187. The van der Waals surface area contributed by atoms with Gasteiger partial charge in [0.05, 0.1) is 25.4 Å². The SMILES string of the molecule is CC/C=C\C/C=C\C/C=C\C/C=C\C/C=C\CCCCCCCCCC(=O)NC(COC1OC(CO)C(O)C(O)C1O)C(O)/C=C/CCCCCCCCCCCCCCCCCCCCCCCCCCCCCCC. The maximum atomic E-state index is 13.1. The average Bonchev–Trinajstić information content (AvgIpc) is 3.43. The van der Waals surface area contributed by atoms with E-state index in [0.717, 1.165) is 83.5 Å². The minimum atomic E-state index is -1.57. The van der Waals surface area contributed by atoms with Gasteiger partial charge in [0.1, 0.15) is 24.4 Å². The molecule has 448 valence electrons. The summed E-state index contributed by atoms with van der Waals surface area (Å²) in [6.45, 7) is 3.69. The highest BCUT2D eigenvalue weighted by Gasteiger charge is 2.44. The van der Waals surface area contributed by atoms with Crippen LogP contribution in [0.25, 0.3) is 0 Å². The lowest BCUT2D eigenvalue weighted by Crippen LogP contribution is -2.60. The van der Waals surface area contributed by atoms with Crippen LogP contribution in [0.15, 0.2) is 72.9 Å². The summed E-state index contributed by atoms with van der Waals surface area (Å²) in [6.07, 6.45) is 72.8. The molecule has 1 aliphatic rings. The molecule has 0 saturated carbocycles. The topological polar surface area (TPSA) is 149 Å². The number of aliphatic hydroxyl groups excluding tert-OH is 5. The number of carbonyl (C=O) groups is 1. The van der Waals surface area contributed by atoms with Crippen molar-refractivity contribution in [2.75, 3.05) is 13.2 Å². The zero-order chi connectivity index (χ0) is 55.8. The Morgan fingerprint density at radius 1 is 0.455 bits per heavy atom. The fourth-order valence-corrected chi connectivity index (χ4v) is 10.2. The van der Waals surface area contributed by atoms with Gasteiger partial charge in [0.2, 0.25) is 5.91 Å². The van der Waals surface area contributed by atoms with Crippen LogP contribution in [0.2, 0.25) is 0 Å². The summed E-state index contributed by atoms with van der Waals surface area (Å²) in [6, 6.07) is -0.817. The van der Waals surface area contributed by atoms with E-state index in [0.29, 0.717) is 6.42 Å². The molecule has 0 radical (unpaired) electrons. The average molecular weight is 1080 g/mol. The first-order valence-corrected chi connectivity index (χ1v) is 32.7. The van der Waals surface area contributed by atoms with Crippen molar-refractivity contribution in [2.24, 2.45) is 0 Å². The van der Waals surface area contributed by atoms with Crippen molar-refractivity contribution in [1.29, 1.82) is 0 Å². The molecule has 1 rings (SSSR count). The van der Waals surface area contributed by atoms with Gasteiger partial charge in [-0.3, -0.25) is 4.79 Å². The molecule has 0 bridgehead atoms. The van der Waals surface area contributed by atoms with Gasteiger partial charge in [-0.2, -0.15) is 0 Å². The van der Waals surface area contributed by atoms with Crippen LogP contribution in [-0.2, 0) is 14.3 Å². The molecule has 1 amide bonds.